The Hall–Kier alpha value is -2.22. The molecule has 3 unspecified atom stereocenters. The second-order valence-electron chi connectivity index (χ2n) is 10.9. The Labute approximate surface area is 205 Å². The summed E-state index contributed by atoms with van der Waals surface area (Å²) in [5.41, 5.74) is 0.632. The van der Waals surface area contributed by atoms with Gasteiger partial charge in [0.15, 0.2) is 0 Å². The van der Waals surface area contributed by atoms with E-state index >= 15 is 0 Å². The van der Waals surface area contributed by atoms with Crippen molar-refractivity contribution >= 4 is 40.0 Å². The highest BCUT2D eigenvalue weighted by atomic mass is 32.1. The first-order chi connectivity index (χ1) is 16.0. The molecule has 34 heavy (non-hydrogen) atoms. The molecular formula is C26H36N2O5S. The summed E-state index contributed by atoms with van der Waals surface area (Å²) in [6, 6.07) is 0. The van der Waals surface area contributed by atoms with E-state index in [9.17, 15) is 19.2 Å². The Kier molecular flexibility index (Phi) is 6.66. The minimum Gasteiger partial charge on any atom is -0.462 e. The zero-order chi connectivity index (χ0) is 24.8. The van der Waals surface area contributed by atoms with Crippen molar-refractivity contribution in [3.05, 3.63) is 16.0 Å². The van der Waals surface area contributed by atoms with Gasteiger partial charge in [0.1, 0.15) is 5.00 Å². The van der Waals surface area contributed by atoms with Crippen LogP contribution in [-0.4, -0.2) is 41.7 Å². The molecule has 2 aliphatic carbocycles. The first-order valence-corrected chi connectivity index (χ1v) is 13.3. The van der Waals surface area contributed by atoms with Gasteiger partial charge in [-0.25, -0.2) is 4.79 Å². The maximum Gasteiger partial charge on any atom is 0.341 e. The number of piperidine rings is 1. The number of fused-ring (bicyclic) bond motifs is 3. The summed E-state index contributed by atoms with van der Waals surface area (Å²) >= 11 is 1.47. The normalized spacial score (nSPS) is 27.5. The van der Waals surface area contributed by atoms with Gasteiger partial charge in [-0.05, 0) is 62.3 Å². The van der Waals surface area contributed by atoms with Crippen LogP contribution in [0.3, 0.4) is 0 Å². The third-order valence-electron chi connectivity index (χ3n) is 8.54. The third kappa shape index (κ3) is 3.97. The highest BCUT2D eigenvalue weighted by Crippen LogP contribution is 2.60. The number of amides is 3. The van der Waals surface area contributed by atoms with Gasteiger partial charge in [0.2, 0.25) is 17.7 Å². The van der Waals surface area contributed by atoms with Crippen LogP contribution in [0.25, 0.3) is 0 Å². The minimum atomic E-state index is -0.532. The maximum atomic E-state index is 13.2. The van der Waals surface area contributed by atoms with Crippen molar-refractivity contribution in [2.24, 2.45) is 22.7 Å². The van der Waals surface area contributed by atoms with E-state index in [4.69, 9.17) is 4.74 Å². The van der Waals surface area contributed by atoms with Crippen molar-refractivity contribution in [1.82, 2.24) is 4.90 Å². The molecule has 8 heteroatoms. The molecule has 186 valence electrons. The van der Waals surface area contributed by atoms with Crippen molar-refractivity contribution in [3.63, 3.8) is 0 Å². The van der Waals surface area contributed by atoms with Crippen LogP contribution in [0.1, 0.15) is 87.5 Å². The van der Waals surface area contributed by atoms with Gasteiger partial charge in [-0.1, -0.05) is 27.7 Å². The molecule has 1 N–H and O–H groups in total. The number of hydrogen-bond acceptors (Lipinski definition) is 6. The number of esters is 1. The summed E-state index contributed by atoms with van der Waals surface area (Å²) in [7, 11) is 0. The predicted molar refractivity (Wildman–Crippen MR) is 131 cm³/mol. The molecule has 3 atom stereocenters. The number of nitrogens with zero attached hydrogens (tertiary/aromatic N) is 1. The average molecular weight is 489 g/mol. The van der Waals surface area contributed by atoms with E-state index in [-0.39, 0.29) is 54.6 Å². The highest BCUT2D eigenvalue weighted by Gasteiger charge is 2.64. The van der Waals surface area contributed by atoms with Crippen molar-refractivity contribution in [2.45, 2.75) is 79.6 Å². The Morgan fingerprint density at radius 1 is 1.21 bits per heavy atom. The van der Waals surface area contributed by atoms with Crippen LogP contribution < -0.4 is 5.32 Å². The van der Waals surface area contributed by atoms with Gasteiger partial charge in [0.05, 0.1) is 17.6 Å². The van der Waals surface area contributed by atoms with E-state index < -0.39 is 5.41 Å². The number of thiophene rings is 1. The largest absolute Gasteiger partial charge is 0.462 e. The van der Waals surface area contributed by atoms with Gasteiger partial charge in [-0.2, -0.15) is 0 Å². The molecule has 1 saturated carbocycles. The van der Waals surface area contributed by atoms with Crippen LogP contribution >= 0.6 is 11.3 Å². The molecule has 3 amide bonds. The van der Waals surface area contributed by atoms with E-state index in [2.05, 4.69) is 12.2 Å². The van der Waals surface area contributed by atoms with Crippen LogP contribution in [0.4, 0.5) is 5.00 Å². The maximum absolute atomic E-state index is 13.2. The lowest BCUT2D eigenvalue weighted by Crippen LogP contribution is -2.59. The minimum absolute atomic E-state index is 0.102. The lowest BCUT2D eigenvalue weighted by molar-refractivity contribution is -0.168. The number of imide groups is 1. The number of carbonyl (C=O) groups excluding carboxylic acids is 4. The quantitative estimate of drug-likeness (QED) is 0.448. The number of anilines is 1. The number of hydrogen-bond donors (Lipinski definition) is 1. The van der Waals surface area contributed by atoms with Gasteiger partial charge in [0.25, 0.3) is 0 Å². The molecule has 1 aliphatic heterocycles. The van der Waals surface area contributed by atoms with Gasteiger partial charge in [0, 0.05) is 23.8 Å². The van der Waals surface area contributed by atoms with Gasteiger partial charge in [-0.15, -0.1) is 11.3 Å². The Morgan fingerprint density at radius 2 is 1.94 bits per heavy atom. The predicted octanol–water partition coefficient (Wildman–Crippen LogP) is 4.58. The van der Waals surface area contributed by atoms with Gasteiger partial charge >= 0.3 is 5.97 Å². The van der Waals surface area contributed by atoms with Crippen LogP contribution in [0.5, 0.6) is 0 Å². The van der Waals surface area contributed by atoms with Crippen LogP contribution in [0.2, 0.25) is 0 Å². The monoisotopic (exact) mass is 488 g/mol. The van der Waals surface area contributed by atoms with Crippen molar-refractivity contribution in [3.8, 4) is 0 Å². The molecule has 4 rings (SSSR count). The van der Waals surface area contributed by atoms with Crippen LogP contribution in [-0.2, 0) is 32.0 Å². The zero-order valence-electron chi connectivity index (χ0n) is 20.9. The molecule has 1 aromatic rings. The van der Waals surface area contributed by atoms with E-state index in [0.717, 1.165) is 42.5 Å². The standard InChI is InChI=1S/C26H36N2O5S/c1-6-33-23(31)20-16-10-9-15(2)14-18(16)34-21(20)27-19(29)8-7-13-28-22(30)17-11-12-26(5,24(28)32)25(17,3)4/h15,17H,6-14H2,1-5H3,(H,27,29). The molecule has 7 nitrogen and oxygen atoms in total. The molecule has 2 fully saturated rings. The molecule has 0 spiro atoms. The van der Waals surface area contributed by atoms with Crippen LogP contribution in [0.15, 0.2) is 0 Å². The van der Waals surface area contributed by atoms with E-state index in [1.807, 2.05) is 20.8 Å². The third-order valence-corrected chi connectivity index (χ3v) is 9.71. The van der Waals surface area contributed by atoms with Gasteiger partial charge in [-0.3, -0.25) is 19.3 Å². The lowest BCUT2D eigenvalue weighted by Gasteiger charge is -2.47. The fraction of sp³-hybridized carbons (Fsp3) is 0.692. The molecule has 0 radical (unpaired) electrons. The van der Waals surface area contributed by atoms with Crippen LogP contribution in [0, 0.1) is 22.7 Å². The van der Waals surface area contributed by atoms with Crippen molar-refractivity contribution in [1.29, 1.82) is 0 Å². The summed E-state index contributed by atoms with van der Waals surface area (Å²) < 4.78 is 5.27. The molecule has 1 saturated heterocycles. The van der Waals surface area contributed by atoms with E-state index in [0.29, 0.717) is 22.9 Å². The number of rotatable bonds is 7. The SMILES string of the molecule is CCOC(=O)c1c(NC(=O)CCCN2C(=O)C3CCC(C)(C2=O)C3(C)C)sc2c1CCC(C)C2. The lowest BCUT2D eigenvalue weighted by atomic mass is 9.62. The van der Waals surface area contributed by atoms with Crippen molar-refractivity contribution < 1.29 is 23.9 Å². The summed E-state index contributed by atoms with van der Waals surface area (Å²) in [4.78, 5) is 54.1. The number of carbonyl (C=O) groups is 4. The highest BCUT2D eigenvalue weighted by molar-refractivity contribution is 7.17. The first kappa shape index (κ1) is 24.9. The van der Waals surface area contributed by atoms with Crippen molar-refractivity contribution in [2.75, 3.05) is 18.5 Å². The fourth-order valence-electron chi connectivity index (χ4n) is 5.96. The van der Waals surface area contributed by atoms with E-state index in [1.54, 1.807) is 6.92 Å². The Morgan fingerprint density at radius 3 is 2.65 bits per heavy atom. The topological polar surface area (TPSA) is 92.8 Å². The molecule has 2 bridgehead atoms. The summed E-state index contributed by atoms with van der Waals surface area (Å²) in [6.45, 7) is 10.5. The Bertz CT molecular complexity index is 1030. The molecule has 0 aromatic carbocycles. The second-order valence-corrected chi connectivity index (χ2v) is 12.0. The summed E-state index contributed by atoms with van der Waals surface area (Å²) in [6.07, 6.45) is 4.75. The van der Waals surface area contributed by atoms with Gasteiger partial charge < -0.3 is 10.1 Å². The fourth-order valence-corrected chi connectivity index (χ4v) is 7.37. The summed E-state index contributed by atoms with van der Waals surface area (Å²) in [5, 5.41) is 3.48. The van der Waals surface area contributed by atoms with E-state index in [1.165, 1.54) is 16.2 Å². The number of nitrogens with one attached hydrogen (secondary N) is 1. The summed E-state index contributed by atoms with van der Waals surface area (Å²) in [5.74, 6) is -0.414. The Balaban J connectivity index is 1.41. The number of likely N-dealkylation sites (tertiary alicyclic amines) is 1. The molecule has 1 aromatic heterocycles. The average Bonchev–Trinajstić information content (AvgIpc) is 3.20. The number of ether oxygens (including phenoxy) is 1. The first-order valence-electron chi connectivity index (χ1n) is 12.5. The smallest absolute Gasteiger partial charge is 0.341 e. The molecule has 3 aliphatic rings. The second kappa shape index (κ2) is 9.10. The molecule has 2 heterocycles. The zero-order valence-corrected chi connectivity index (χ0v) is 21.7. The molecular weight excluding hydrogens is 452 g/mol.